The van der Waals surface area contributed by atoms with Gasteiger partial charge >= 0.3 is 0 Å². The number of aromatic nitrogens is 2. The molecule has 1 aliphatic carbocycles. The number of hydrogen-bond donors (Lipinski definition) is 0. The molecule has 4 rings (SSSR count). The number of hydrogen-bond acceptors (Lipinski definition) is 6. The zero-order chi connectivity index (χ0) is 17.2. The van der Waals surface area contributed by atoms with Crippen molar-refractivity contribution in [3.8, 4) is 11.8 Å². The van der Waals surface area contributed by atoms with Gasteiger partial charge in [0.25, 0.3) is 5.91 Å². The van der Waals surface area contributed by atoms with Gasteiger partial charge in [-0.25, -0.2) is 0 Å². The van der Waals surface area contributed by atoms with Gasteiger partial charge in [-0.1, -0.05) is 17.3 Å². The Bertz CT molecular complexity index is 822. The van der Waals surface area contributed by atoms with Gasteiger partial charge < -0.3 is 14.2 Å². The molecule has 128 valence electrons. The number of amides is 1. The molecule has 0 radical (unpaired) electrons. The molecular weight excluding hydrogens is 320 g/mol. The highest BCUT2D eigenvalue weighted by molar-refractivity contribution is 5.78. The molecule has 1 amide bonds. The second-order valence-corrected chi connectivity index (χ2v) is 6.41. The molecule has 7 heteroatoms. The van der Waals surface area contributed by atoms with Crippen LogP contribution in [0, 0.1) is 11.3 Å². The molecule has 1 aromatic heterocycles. The maximum Gasteiger partial charge on any atom is 0.261 e. The predicted molar refractivity (Wildman–Crippen MR) is 86.6 cm³/mol. The number of rotatable bonds is 5. The normalized spacial score (nSPS) is 19.6. The first-order valence-electron chi connectivity index (χ1n) is 8.51. The number of nitrogens with zero attached hydrogens (tertiary/aromatic N) is 4. The molecule has 1 atom stereocenters. The molecule has 0 spiro atoms. The summed E-state index contributed by atoms with van der Waals surface area (Å²) >= 11 is 0. The minimum atomic E-state index is -0.154. The Morgan fingerprint density at radius 2 is 2.20 bits per heavy atom. The SMILES string of the molecule is N#Cc1ccccc1OCC(=O)N1CCCC1c1noc(C2CC2)n1. The molecule has 1 saturated heterocycles. The van der Waals surface area contributed by atoms with Gasteiger partial charge in [0.15, 0.2) is 12.4 Å². The lowest BCUT2D eigenvalue weighted by Gasteiger charge is -2.22. The van der Waals surface area contributed by atoms with E-state index in [1.54, 1.807) is 29.2 Å². The maximum atomic E-state index is 12.6. The Morgan fingerprint density at radius 1 is 1.36 bits per heavy atom. The number of benzene rings is 1. The number of carbonyl (C=O) groups is 1. The van der Waals surface area contributed by atoms with Crippen molar-refractivity contribution in [2.24, 2.45) is 0 Å². The first-order chi connectivity index (χ1) is 12.3. The molecule has 2 heterocycles. The van der Waals surface area contributed by atoms with Crippen LogP contribution in [0.2, 0.25) is 0 Å². The topological polar surface area (TPSA) is 92.2 Å². The number of nitriles is 1. The molecule has 1 saturated carbocycles. The molecule has 1 aliphatic heterocycles. The fourth-order valence-electron chi connectivity index (χ4n) is 3.12. The highest BCUT2D eigenvalue weighted by Crippen LogP contribution is 2.40. The lowest BCUT2D eigenvalue weighted by molar-refractivity contribution is -0.134. The van der Waals surface area contributed by atoms with Gasteiger partial charge in [-0.15, -0.1) is 0 Å². The summed E-state index contributed by atoms with van der Waals surface area (Å²) in [5.41, 5.74) is 0.417. The molecule has 2 aliphatic rings. The smallest absolute Gasteiger partial charge is 0.261 e. The number of ether oxygens (including phenoxy) is 1. The third-order valence-electron chi connectivity index (χ3n) is 4.61. The second-order valence-electron chi connectivity index (χ2n) is 6.41. The van der Waals surface area contributed by atoms with Crippen molar-refractivity contribution < 1.29 is 14.1 Å². The van der Waals surface area contributed by atoms with Crippen LogP contribution in [0.4, 0.5) is 0 Å². The Morgan fingerprint density at radius 3 is 3.00 bits per heavy atom. The largest absolute Gasteiger partial charge is 0.482 e. The Hall–Kier alpha value is -2.88. The van der Waals surface area contributed by atoms with E-state index in [1.807, 2.05) is 0 Å². The third kappa shape index (κ3) is 3.20. The number of carbonyl (C=O) groups excluding carboxylic acids is 1. The van der Waals surface area contributed by atoms with E-state index in [2.05, 4.69) is 16.2 Å². The van der Waals surface area contributed by atoms with Gasteiger partial charge in [0.05, 0.1) is 11.6 Å². The summed E-state index contributed by atoms with van der Waals surface area (Å²) in [7, 11) is 0. The molecule has 0 N–H and O–H groups in total. The van der Waals surface area contributed by atoms with E-state index in [0.29, 0.717) is 35.5 Å². The van der Waals surface area contributed by atoms with Crippen LogP contribution in [-0.2, 0) is 4.79 Å². The first-order valence-corrected chi connectivity index (χ1v) is 8.51. The first kappa shape index (κ1) is 15.6. The van der Waals surface area contributed by atoms with Crippen molar-refractivity contribution in [1.82, 2.24) is 15.0 Å². The van der Waals surface area contributed by atoms with Crippen molar-refractivity contribution >= 4 is 5.91 Å². The van der Waals surface area contributed by atoms with Crippen LogP contribution >= 0.6 is 0 Å². The van der Waals surface area contributed by atoms with E-state index in [-0.39, 0.29) is 18.6 Å². The van der Waals surface area contributed by atoms with E-state index in [9.17, 15) is 4.79 Å². The van der Waals surface area contributed by atoms with E-state index >= 15 is 0 Å². The Kier molecular flexibility index (Phi) is 4.10. The minimum absolute atomic E-state index is 0.109. The van der Waals surface area contributed by atoms with Crippen molar-refractivity contribution in [2.45, 2.75) is 37.6 Å². The van der Waals surface area contributed by atoms with Crippen LogP contribution in [0.3, 0.4) is 0 Å². The second kappa shape index (κ2) is 6.55. The van der Waals surface area contributed by atoms with Gasteiger partial charge in [0, 0.05) is 12.5 Å². The van der Waals surface area contributed by atoms with Gasteiger partial charge in [0.2, 0.25) is 5.89 Å². The van der Waals surface area contributed by atoms with Crippen molar-refractivity contribution in [1.29, 1.82) is 5.26 Å². The van der Waals surface area contributed by atoms with E-state index in [0.717, 1.165) is 25.7 Å². The zero-order valence-corrected chi connectivity index (χ0v) is 13.7. The monoisotopic (exact) mass is 338 g/mol. The van der Waals surface area contributed by atoms with Crippen molar-refractivity contribution in [3.05, 3.63) is 41.5 Å². The fraction of sp³-hybridized carbons (Fsp3) is 0.444. The molecule has 25 heavy (non-hydrogen) atoms. The van der Waals surface area contributed by atoms with Crippen molar-refractivity contribution in [3.63, 3.8) is 0 Å². The lowest BCUT2D eigenvalue weighted by Crippen LogP contribution is -2.35. The van der Waals surface area contributed by atoms with Crippen molar-refractivity contribution in [2.75, 3.05) is 13.2 Å². The number of para-hydroxylation sites is 1. The maximum absolute atomic E-state index is 12.6. The van der Waals surface area contributed by atoms with E-state index < -0.39 is 0 Å². The molecule has 7 nitrogen and oxygen atoms in total. The summed E-state index contributed by atoms with van der Waals surface area (Å²) in [5.74, 6) is 1.97. The summed E-state index contributed by atoms with van der Waals surface area (Å²) in [5, 5.41) is 13.2. The predicted octanol–water partition coefficient (Wildman–Crippen LogP) is 2.56. The molecule has 1 aromatic carbocycles. The molecular formula is C18H18N4O3. The summed E-state index contributed by atoms with van der Waals surface area (Å²) in [6.07, 6.45) is 3.92. The van der Waals surface area contributed by atoms with Gasteiger partial charge in [0.1, 0.15) is 11.8 Å². The quantitative estimate of drug-likeness (QED) is 0.832. The van der Waals surface area contributed by atoms with Crippen LogP contribution in [0.25, 0.3) is 0 Å². The average molecular weight is 338 g/mol. The summed E-state index contributed by atoms with van der Waals surface area (Å²) in [4.78, 5) is 18.8. The highest BCUT2D eigenvalue weighted by atomic mass is 16.5. The number of likely N-dealkylation sites (tertiary alicyclic amines) is 1. The van der Waals surface area contributed by atoms with Gasteiger partial charge in [-0.2, -0.15) is 10.2 Å². The van der Waals surface area contributed by atoms with Crippen LogP contribution < -0.4 is 4.74 Å². The molecule has 1 unspecified atom stereocenters. The van der Waals surface area contributed by atoms with Crippen LogP contribution in [0.5, 0.6) is 5.75 Å². The summed E-state index contributed by atoms with van der Waals surface area (Å²) < 4.78 is 10.9. The van der Waals surface area contributed by atoms with Crippen LogP contribution in [-0.4, -0.2) is 34.1 Å². The highest BCUT2D eigenvalue weighted by Gasteiger charge is 2.36. The Labute approximate surface area is 145 Å². The molecule has 0 bridgehead atoms. The standard InChI is InChI=1S/C18H18N4O3/c19-10-13-4-1-2-6-15(13)24-11-16(23)22-9-3-5-14(22)17-20-18(25-21-17)12-7-8-12/h1-2,4,6,12,14H,3,5,7-9,11H2. The molecule has 2 aromatic rings. The summed E-state index contributed by atoms with van der Waals surface area (Å²) in [6.45, 7) is 0.544. The lowest BCUT2D eigenvalue weighted by atomic mass is 10.2. The average Bonchev–Trinajstić information content (AvgIpc) is 3.18. The molecule has 2 fully saturated rings. The minimum Gasteiger partial charge on any atom is -0.482 e. The zero-order valence-electron chi connectivity index (χ0n) is 13.7. The Balaban J connectivity index is 1.42. The van der Waals surface area contributed by atoms with Gasteiger partial charge in [-0.3, -0.25) is 4.79 Å². The van der Waals surface area contributed by atoms with E-state index in [4.69, 9.17) is 14.5 Å². The third-order valence-corrected chi connectivity index (χ3v) is 4.61. The fourth-order valence-corrected chi connectivity index (χ4v) is 3.12. The van der Waals surface area contributed by atoms with Gasteiger partial charge in [-0.05, 0) is 37.8 Å². The van der Waals surface area contributed by atoms with Crippen LogP contribution in [0.15, 0.2) is 28.8 Å². The summed E-state index contributed by atoms with van der Waals surface area (Å²) in [6, 6.07) is 8.80. The van der Waals surface area contributed by atoms with Crippen LogP contribution in [0.1, 0.15) is 54.9 Å². The van der Waals surface area contributed by atoms with E-state index in [1.165, 1.54) is 0 Å².